The van der Waals surface area contributed by atoms with Crippen LogP contribution in [0.25, 0.3) is 0 Å². The number of halogens is 1. The fourth-order valence-corrected chi connectivity index (χ4v) is 2.50. The summed E-state index contributed by atoms with van der Waals surface area (Å²) in [4.78, 5) is 36.9. The molecular formula is C20H21FN2O3. The zero-order valence-electron chi connectivity index (χ0n) is 14.8. The van der Waals surface area contributed by atoms with Crippen LogP contribution in [0.2, 0.25) is 0 Å². The van der Waals surface area contributed by atoms with Crippen LogP contribution in [-0.2, 0) is 16.1 Å². The van der Waals surface area contributed by atoms with Gasteiger partial charge in [-0.25, -0.2) is 4.39 Å². The van der Waals surface area contributed by atoms with E-state index in [9.17, 15) is 18.8 Å². The number of Topliss-reactive ketones (excluding diaryl/α,β-unsaturated/α-hetero) is 1. The van der Waals surface area contributed by atoms with Gasteiger partial charge in [0.2, 0.25) is 11.8 Å². The molecule has 2 amide bonds. The molecule has 26 heavy (non-hydrogen) atoms. The number of ketones is 1. The summed E-state index contributed by atoms with van der Waals surface area (Å²) in [5.41, 5.74) is 1.46. The molecule has 2 rings (SSSR count). The first kappa shape index (κ1) is 19.3. The number of nitrogens with zero attached hydrogens (tertiary/aromatic N) is 1. The van der Waals surface area contributed by atoms with Gasteiger partial charge < -0.3 is 10.2 Å². The number of nitrogens with one attached hydrogen (secondary N) is 1. The first-order valence-corrected chi connectivity index (χ1v) is 8.27. The Bertz CT molecular complexity index is 820. The molecule has 136 valence electrons. The standard InChI is InChI=1S/C20H21FN2O3/c1-14(24)16-7-5-8-18(12-16)23(15(2)25)11-10-20(26)22-13-17-6-3-4-9-19(17)21/h3-9,12H,10-11,13H2,1-2H3,(H,22,26). The molecule has 0 aliphatic heterocycles. The van der Waals surface area contributed by atoms with Crippen LogP contribution in [-0.4, -0.2) is 24.1 Å². The van der Waals surface area contributed by atoms with E-state index in [0.717, 1.165) is 0 Å². The number of anilines is 1. The molecular weight excluding hydrogens is 335 g/mol. The molecule has 0 atom stereocenters. The van der Waals surface area contributed by atoms with Gasteiger partial charge in [0.05, 0.1) is 0 Å². The summed E-state index contributed by atoms with van der Waals surface area (Å²) in [6, 6.07) is 12.9. The molecule has 0 aliphatic carbocycles. The molecule has 0 unspecified atom stereocenters. The van der Waals surface area contributed by atoms with E-state index in [2.05, 4.69) is 5.32 Å². The highest BCUT2D eigenvalue weighted by Crippen LogP contribution is 2.17. The third-order valence-electron chi connectivity index (χ3n) is 3.94. The average molecular weight is 356 g/mol. The Labute approximate surface area is 151 Å². The van der Waals surface area contributed by atoms with E-state index in [0.29, 0.717) is 16.8 Å². The smallest absolute Gasteiger partial charge is 0.223 e. The highest BCUT2D eigenvalue weighted by Gasteiger charge is 2.15. The summed E-state index contributed by atoms with van der Waals surface area (Å²) in [5, 5.41) is 2.64. The monoisotopic (exact) mass is 356 g/mol. The lowest BCUT2D eigenvalue weighted by molar-refractivity contribution is -0.121. The van der Waals surface area contributed by atoms with Crippen molar-refractivity contribution < 1.29 is 18.8 Å². The van der Waals surface area contributed by atoms with E-state index in [-0.39, 0.29) is 42.9 Å². The van der Waals surface area contributed by atoms with Gasteiger partial charge in [-0.2, -0.15) is 0 Å². The minimum Gasteiger partial charge on any atom is -0.352 e. The second-order valence-corrected chi connectivity index (χ2v) is 5.90. The van der Waals surface area contributed by atoms with Crippen LogP contribution in [0, 0.1) is 5.82 Å². The highest BCUT2D eigenvalue weighted by atomic mass is 19.1. The van der Waals surface area contributed by atoms with Crippen LogP contribution in [0.3, 0.4) is 0 Å². The number of carbonyl (C=O) groups is 3. The first-order valence-electron chi connectivity index (χ1n) is 8.27. The molecule has 0 saturated heterocycles. The fraction of sp³-hybridized carbons (Fsp3) is 0.250. The maximum Gasteiger partial charge on any atom is 0.223 e. The third-order valence-corrected chi connectivity index (χ3v) is 3.94. The predicted octanol–water partition coefficient (Wildman–Crippen LogP) is 3.09. The van der Waals surface area contributed by atoms with Crippen molar-refractivity contribution in [3.63, 3.8) is 0 Å². The van der Waals surface area contributed by atoms with Crippen LogP contribution in [0.1, 0.15) is 36.2 Å². The molecule has 0 spiro atoms. The molecule has 0 radical (unpaired) electrons. The molecule has 0 saturated carbocycles. The SMILES string of the molecule is CC(=O)c1cccc(N(CCC(=O)NCc2ccccc2F)C(C)=O)c1. The number of amides is 2. The molecule has 1 N–H and O–H groups in total. The van der Waals surface area contributed by atoms with Crippen molar-refractivity contribution in [1.29, 1.82) is 0 Å². The summed E-state index contributed by atoms with van der Waals surface area (Å²) in [6.45, 7) is 3.11. The Morgan fingerprint density at radius 2 is 1.77 bits per heavy atom. The quantitative estimate of drug-likeness (QED) is 0.775. The molecule has 0 aromatic heterocycles. The lowest BCUT2D eigenvalue weighted by atomic mass is 10.1. The molecule has 2 aromatic rings. The largest absolute Gasteiger partial charge is 0.352 e. The molecule has 5 nitrogen and oxygen atoms in total. The predicted molar refractivity (Wildman–Crippen MR) is 97.3 cm³/mol. The Morgan fingerprint density at radius 1 is 1.04 bits per heavy atom. The Morgan fingerprint density at radius 3 is 2.42 bits per heavy atom. The number of hydrogen-bond donors (Lipinski definition) is 1. The third kappa shape index (κ3) is 5.24. The van der Waals surface area contributed by atoms with Gasteiger partial charge in [-0.1, -0.05) is 30.3 Å². The number of hydrogen-bond acceptors (Lipinski definition) is 3. The van der Waals surface area contributed by atoms with Gasteiger partial charge in [-0.3, -0.25) is 14.4 Å². The lowest BCUT2D eigenvalue weighted by Crippen LogP contribution is -2.33. The van der Waals surface area contributed by atoms with Gasteiger partial charge in [-0.05, 0) is 25.1 Å². The van der Waals surface area contributed by atoms with Crippen LogP contribution in [0.15, 0.2) is 48.5 Å². The molecule has 0 fully saturated rings. The first-order chi connectivity index (χ1) is 12.4. The highest BCUT2D eigenvalue weighted by molar-refractivity contribution is 5.97. The minimum atomic E-state index is -0.376. The van der Waals surface area contributed by atoms with E-state index < -0.39 is 0 Å². The van der Waals surface area contributed by atoms with Crippen molar-refractivity contribution in [3.8, 4) is 0 Å². The van der Waals surface area contributed by atoms with Crippen molar-refractivity contribution >= 4 is 23.3 Å². The topological polar surface area (TPSA) is 66.5 Å². The van der Waals surface area contributed by atoms with Gasteiger partial charge in [0.1, 0.15) is 5.82 Å². The summed E-state index contributed by atoms with van der Waals surface area (Å²) >= 11 is 0. The van der Waals surface area contributed by atoms with Crippen molar-refractivity contribution in [2.75, 3.05) is 11.4 Å². The van der Waals surface area contributed by atoms with E-state index in [1.807, 2.05) is 0 Å². The van der Waals surface area contributed by atoms with Crippen molar-refractivity contribution in [2.24, 2.45) is 0 Å². The van der Waals surface area contributed by atoms with Crippen molar-refractivity contribution in [1.82, 2.24) is 5.32 Å². The maximum atomic E-state index is 13.6. The van der Waals surface area contributed by atoms with Gasteiger partial charge in [-0.15, -0.1) is 0 Å². The van der Waals surface area contributed by atoms with Crippen LogP contribution in [0.5, 0.6) is 0 Å². The van der Waals surface area contributed by atoms with E-state index >= 15 is 0 Å². The van der Waals surface area contributed by atoms with Gasteiger partial charge >= 0.3 is 0 Å². The summed E-state index contributed by atoms with van der Waals surface area (Å²) in [7, 11) is 0. The number of benzene rings is 2. The van der Waals surface area contributed by atoms with Gasteiger partial charge in [0, 0.05) is 43.2 Å². The van der Waals surface area contributed by atoms with Crippen molar-refractivity contribution in [3.05, 3.63) is 65.5 Å². The van der Waals surface area contributed by atoms with Crippen LogP contribution >= 0.6 is 0 Å². The zero-order chi connectivity index (χ0) is 19.1. The Hall–Kier alpha value is -3.02. The van der Waals surface area contributed by atoms with E-state index in [4.69, 9.17) is 0 Å². The van der Waals surface area contributed by atoms with Crippen molar-refractivity contribution in [2.45, 2.75) is 26.8 Å². The van der Waals surface area contributed by atoms with E-state index in [1.165, 1.54) is 24.8 Å². The minimum absolute atomic E-state index is 0.0678. The molecule has 0 heterocycles. The zero-order valence-corrected chi connectivity index (χ0v) is 14.8. The van der Waals surface area contributed by atoms with Gasteiger partial charge in [0.25, 0.3) is 0 Å². The normalized spacial score (nSPS) is 10.3. The van der Waals surface area contributed by atoms with E-state index in [1.54, 1.807) is 42.5 Å². The summed E-state index contributed by atoms with van der Waals surface area (Å²) in [5.74, 6) is -0.993. The van der Waals surface area contributed by atoms with Crippen LogP contribution < -0.4 is 10.2 Å². The lowest BCUT2D eigenvalue weighted by Gasteiger charge is -2.21. The van der Waals surface area contributed by atoms with Gasteiger partial charge in [0.15, 0.2) is 5.78 Å². The molecule has 6 heteroatoms. The average Bonchev–Trinajstić information content (AvgIpc) is 2.61. The van der Waals surface area contributed by atoms with Crippen LogP contribution in [0.4, 0.5) is 10.1 Å². The molecule has 0 bridgehead atoms. The molecule has 2 aromatic carbocycles. The number of carbonyl (C=O) groups excluding carboxylic acids is 3. The second kappa shape index (κ2) is 8.89. The Kier molecular flexibility index (Phi) is 6.60. The summed E-state index contributed by atoms with van der Waals surface area (Å²) in [6.07, 6.45) is 0.0678. The summed E-state index contributed by atoms with van der Waals surface area (Å²) < 4.78 is 13.6. The fourth-order valence-electron chi connectivity index (χ4n) is 2.50. The second-order valence-electron chi connectivity index (χ2n) is 5.90. The molecule has 0 aliphatic rings. The maximum absolute atomic E-state index is 13.6. The Balaban J connectivity index is 1.97. The number of rotatable bonds is 7.